The molecule has 0 aliphatic carbocycles. The van der Waals surface area contributed by atoms with E-state index in [1.54, 1.807) is 24.3 Å². The van der Waals surface area contributed by atoms with Crippen molar-refractivity contribution in [2.45, 2.75) is 44.4 Å². The number of amides is 2. The van der Waals surface area contributed by atoms with Gasteiger partial charge in [0.2, 0.25) is 11.8 Å². The van der Waals surface area contributed by atoms with E-state index >= 15 is 0 Å². The fourth-order valence-electron chi connectivity index (χ4n) is 3.08. The molecular weight excluding hydrogens is 337 g/mol. The number of benzene rings is 1. The molecule has 138 valence electrons. The van der Waals surface area contributed by atoms with Crippen LogP contribution in [0.4, 0.5) is 13.2 Å². The van der Waals surface area contributed by atoms with E-state index in [1.165, 1.54) is 7.11 Å². The first-order valence-corrected chi connectivity index (χ1v) is 7.97. The Labute approximate surface area is 144 Å². The van der Waals surface area contributed by atoms with Gasteiger partial charge in [-0.3, -0.25) is 9.59 Å². The number of nitrogens with one attached hydrogen (secondary N) is 1. The lowest BCUT2D eigenvalue weighted by Crippen LogP contribution is -2.57. The summed E-state index contributed by atoms with van der Waals surface area (Å²) in [4.78, 5) is 24.6. The third-order valence-electron chi connectivity index (χ3n) is 4.27. The summed E-state index contributed by atoms with van der Waals surface area (Å²) in [5, 5.41) is 2.72. The highest BCUT2D eigenvalue weighted by Gasteiger charge is 2.47. The fourth-order valence-corrected chi connectivity index (χ4v) is 3.08. The molecule has 2 amide bonds. The molecule has 0 radical (unpaired) electrons. The Bertz CT molecular complexity index is 634. The van der Waals surface area contributed by atoms with E-state index in [4.69, 9.17) is 4.74 Å². The van der Waals surface area contributed by atoms with Crippen molar-refractivity contribution in [3.8, 4) is 5.75 Å². The summed E-state index contributed by atoms with van der Waals surface area (Å²) in [5.74, 6) is -0.391. The van der Waals surface area contributed by atoms with Crippen molar-refractivity contribution in [2.24, 2.45) is 0 Å². The minimum absolute atomic E-state index is 0.0588. The Balaban J connectivity index is 1.99. The molecule has 1 saturated heterocycles. The van der Waals surface area contributed by atoms with Gasteiger partial charge in [-0.05, 0) is 18.9 Å². The molecule has 2 rings (SSSR count). The van der Waals surface area contributed by atoms with Gasteiger partial charge in [0.25, 0.3) is 0 Å². The third kappa shape index (κ3) is 4.87. The molecule has 2 unspecified atom stereocenters. The number of halogens is 3. The van der Waals surface area contributed by atoms with Crippen molar-refractivity contribution in [1.29, 1.82) is 0 Å². The maximum atomic E-state index is 13.0. The number of para-hydroxylation sites is 1. The monoisotopic (exact) mass is 358 g/mol. The molecule has 8 heteroatoms. The smallest absolute Gasteiger partial charge is 0.408 e. The van der Waals surface area contributed by atoms with Crippen molar-refractivity contribution < 1.29 is 27.5 Å². The van der Waals surface area contributed by atoms with Gasteiger partial charge in [-0.1, -0.05) is 18.2 Å². The van der Waals surface area contributed by atoms with E-state index in [0.29, 0.717) is 11.3 Å². The normalized spacial score (nSPS) is 20.9. The molecule has 0 bridgehead atoms. The quantitative estimate of drug-likeness (QED) is 0.899. The van der Waals surface area contributed by atoms with Gasteiger partial charge in [0.05, 0.1) is 13.5 Å². The van der Waals surface area contributed by atoms with Crippen LogP contribution in [0.1, 0.15) is 25.3 Å². The Morgan fingerprint density at radius 3 is 2.56 bits per heavy atom. The fraction of sp³-hybridized carbons (Fsp3) is 0.529. The molecule has 0 spiro atoms. The molecule has 0 aromatic heterocycles. The largest absolute Gasteiger partial charge is 0.496 e. The molecule has 1 aromatic carbocycles. The van der Waals surface area contributed by atoms with E-state index in [0.717, 1.165) is 11.8 Å². The van der Waals surface area contributed by atoms with E-state index < -0.39 is 24.2 Å². The number of piperidine rings is 1. The zero-order chi connectivity index (χ0) is 18.6. The predicted molar refractivity (Wildman–Crippen MR) is 85.1 cm³/mol. The molecule has 5 nitrogen and oxygen atoms in total. The van der Waals surface area contributed by atoms with Crippen LogP contribution >= 0.6 is 0 Å². The second kappa shape index (κ2) is 7.76. The Kier molecular flexibility index (Phi) is 5.92. The van der Waals surface area contributed by atoms with Gasteiger partial charge in [0.15, 0.2) is 0 Å². The summed E-state index contributed by atoms with van der Waals surface area (Å²) >= 11 is 0. The van der Waals surface area contributed by atoms with Crippen LogP contribution in [0.25, 0.3) is 0 Å². The molecule has 0 saturated carbocycles. The first-order chi connectivity index (χ1) is 11.7. The lowest BCUT2D eigenvalue weighted by molar-refractivity contribution is -0.196. The first-order valence-electron chi connectivity index (χ1n) is 7.97. The summed E-state index contributed by atoms with van der Waals surface area (Å²) in [6.07, 6.45) is -4.45. The number of likely N-dealkylation sites (tertiary alicyclic amines) is 1. The zero-order valence-electron chi connectivity index (χ0n) is 14.1. The number of ether oxygens (including phenoxy) is 1. The van der Waals surface area contributed by atoms with Crippen molar-refractivity contribution in [3.63, 3.8) is 0 Å². The molecule has 1 N–H and O–H groups in total. The molecule has 2 atom stereocenters. The highest BCUT2D eigenvalue weighted by atomic mass is 19.4. The number of carbonyl (C=O) groups is 2. The second-order valence-corrected chi connectivity index (χ2v) is 6.06. The minimum Gasteiger partial charge on any atom is -0.496 e. The van der Waals surface area contributed by atoms with Gasteiger partial charge in [-0.2, -0.15) is 13.2 Å². The van der Waals surface area contributed by atoms with Gasteiger partial charge in [0.1, 0.15) is 11.8 Å². The molecule has 1 heterocycles. The summed E-state index contributed by atoms with van der Waals surface area (Å²) in [5.41, 5.74) is 0.690. The van der Waals surface area contributed by atoms with Crippen molar-refractivity contribution in [3.05, 3.63) is 29.8 Å². The Morgan fingerprint density at radius 2 is 1.96 bits per heavy atom. The lowest BCUT2D eigenvalue weighted by atomic mass is 9.97. The van der Waals surface area contributed by atoms with Crippen molar-refractivity contribution in [2.75, 3.05) is 13.7 Å². The maximum Gasteiger partial charge on any atom is 0.408 e. The zero-order valence-corrected chi connectivity index (χ0v) is 14.1. The van der Waals surface area contributed by atoms with Gasteiger partial charge in [0, 0.05) is 25.1 Å². The number of methoxy groups -OCH3 is 1. The van der Waals surface area contributed by atoms with Crippen LogP contribution in [0.15, 0.2) is 24.3 Å². The van der Waals surface area contributed by atoms with E-state index in [-0.39, 0.29) is 31.7 Å². The number of nitrogens with zero attached hydrogens (tertiary/aromatic N) is 1. The minimum atomic E-state index is -4.46. The SMILES string of the molecule is COc1ccccc1CC(=O)NC1CCC(C(F)(F)F)N(C(C)=O)C1. The van der Waals surface area contributed by atoms with Crippen LogP contribution in [-0.2, 0) is 16.0 Å². The number of hydrogen-bond acceptors (Lipinski definition) is 3. The summed E-state index contributed by atoms with van der Waals surface area (Å²) in [6.45, 7) is 0.967. The van der Waals surface area contributed by atoms with Gasteiger partial charge >= 0.3 is 6.18 Å². The van der Waals surface area contributed by atoms with Crippen LogP contribution in [0.5, 0.6) is 5.75 Å². The Hall–Kier alpha value is -2.25. The highest BCUT2D eigenvalue weighted by Crippen LogP contribution is 2.32. The second-order valence-electron chi connectivity index (χ2n) is 6.06. The van der Waals surface area contributed by atoms with Crippen LogP contribution in [0.2, 0.25) is 0 Å². The Morgan fingerprint density at radius 1 is 1.28 bits per heavy atom. The summed E-state index contributed by atoms with van der Waals surface area (Å²) in [6, 6.07) is 4.76. The van der Waals surface area contributed by atoms with Crippen LogP contribution < -0.4 is 10.1 Å². The lowest BCUT2D eigenvalue weighted by Gasteiger charge is -2.40. The van der Waals surface area contributed by atoms with Crippen molar-refractivity contribution in [1.82, 2.24) is 10.2 Å². The maximum absolute atomic E-state index is 13.0. The average Bonchev–Trinajstić information content (AvgIpc) is 2.54. The summed E-state index contributed by atoms with van der Waals surface area (Å²) in [7, 11) is 1.50. The first kappa shape index (κ1) is 19.1. The third-order valence-corrected chi connectivity index (χ3v) is 4.27. The standard InChI is InChI=1S/C17H21F3N2O3/c1-11(23)22-10-13(7-8-15(22)17(18,19)20)21-16(24)9-12-5-3-4-6-14(12)25-2/h3-6,13,15H,7-10H2,1-2H3,(H,21,24). The van der Waals surface area contributed by atoms with E-state index in [2.05, 4.69) is 5.32 Å². The van der Waals surface area contributed by atoms with Crippen LogP contribution in [-0.4, -0.2) is 48.6 Å². The predicted octanol–water partition coefficient (Wildman–Crippen LogP) is 2.30. The topological polar surface area (TPSA) is 58.6 Å². The number of alkyl halides is 3. The van der Waals surface area contributed by atoms with E-state index in [9.17, 15) is 22.8 Å². The van der Waals surface area contributed by atoms with Crippen LogP contribution in [0.3, 0.4) is 0 Å². The van der Waals surface area contributed by atoms with E-state index in [1.807, 2.05) is 0 Å². The van der Waals surface area contributed by atoms with Crippen molar-refractivity contribution >= 4 is 11.8 Å². The molecule has 1 aromatic rings. The molecule has 1 fully saturated rings. The summed E-state index contributed by atoms with van der Waals surface area (Å²) < 4.78 is 44.2. The number of carbonyl (C=O) groups excluding carboxylic acids is 2. The highest BCUT2D eigenvalue weighted by molar-refractivity contribution is 5.80. The van der Waals surface area contributed by atoms with Crippen LogP contribution in [0, 0.1) is 0 Å². The number of rotatable bonds is 4. The molecule has 1 aliphatic heterocycles. The molecule has 1 aliphatic rings. The van der Waals surface area contributed by atoms with Gasteiger partial charge < -0.3 is 15.0 Å². The molecular formula is C17H21F3N2O3. The number of hydrogen-bond donors (Lipinski definition) is 1. The van der Waals surface area contributed by atoms with Gasteiger partial charge in [-0.15, -0.1) is 0 Å². The van der Waals surface area contributed by atoms with Gasteiger partial charge in [-0.25, -0.2) is 0 Å². The average molecular weight is 358 g/mol. The molecule has 25 heavy (non-hydrogen) atoms.